The summed E-state index contributed by atoms with van der Waals surface area (Å²) in [7, 11) is 4.63. The Hall–Kier alpha value is -2.72. The third-order valence-corrected chi connectivity index (χ3v) is 6.62. The van der Waals surface area contributed by atoms with Gasteiger partial charge in [-0.1, -0.05) is 11.8 Å². The number of amides is 1. The summed E-state index contributed by atoms with van der Waals surface area (Å²) in [5, 5.41) is 10.6. The van der Waals surface area contributed by atoms with Crippen LogP contribution >= 0.6 is 23.1 Å². The molecule has 0 saturated carbocycles. The summed E-state index contributed by atoms with van der Waals surface area (Å²) in [5.74, 6) is 2.09. The minimum atomic E-state index is 0.0596. The van der Waals surface area contributed by atoms with Crippen molar-refractivity contribution in [3.63, 3.8) is 0 Å². The number of aromatic nitrogens is 2. The van der Waals surface area contributed by atoms with Crippen LogP contribution in [0.15, 0.2) is 33.2 Å². The number of hydrogen-bond donors (Lipinski definition) is 0. The lowest BCUT2D eigenvalue weighted by Gasteiger charge is -2.26. The van der Waals surface area contributed by atoms with Crippen LogP contribution in [-0.2, 0) is 17.8 Å². The zero-order valence-corrected chi connectivity index (χ0v) is 18.5. The van der Waals surface area contributed by atoms with E-state index in [9.17, 15) is 4.79 Å². The molecule has 3 aromatic rings. The van der Waals surface area contributed by atoms with Gasteiger partial charge in [-0.25, -0.2) is 0 Å². The minimum Gasteiger partial charge on any atom is -0.493 e. The second kappa shape index (κ2) is 8.97. The molecule has 158 valence electrons. The largest absolute Gasteiger partial charge is 0.493 e. The number of benzene rings is 1. The Bertz CT molecular complexity index is 1020. The highest BCUT2D eigenvalue weighted by Crippen LogP contribution is 2.41. The van der Waals surface area contributed by atoms with Gasteiger partial charge in [0.2, 0.25) is 17.5 Å². The van der Waals surface area contributed by atoms with E-state index in [4.69, 9.17) is 18.6 Å². The second-order valence-corrected chi connectivity index (χ2v) is 8.44. The lowest BCUT2D eigenvalue weighted by Crippen LogP contribution is -2.36. The molecular formula is C20H21N3O5S2. The van der Waals surface area contributed by atoms with Gasteiger partial charge in [0, 0.05) is 23.5 Å². The number of carbonyl (C=O) groups excluding carboxylic acids is 1. The Labute approximate surface area is 182 Å². The summed E-state index contributed by atoms with van der Waals surface area (Å²) in [6.07, 6.45) is 0.912. The molecule has 10 heteroatoms. The quantitative estimate of drug-likeness (QED) is 0.509. The summed E-state index contributed by atoms with van der Waals surface area (Å²) in [6, 6.07) is 5.57. The van der Waals surface area contributed by atoms with Gasteiger partial charge in [-0.2, -0.15) is 0 Å². The highest BCUT2D eigenvalue weighted by Gasteiger charge is 2.23. The third-order valence-electron chi connectivity index (χ3n) is 4.80. The van der Waals surface area contributed by atoms with Crippen LogP contribution in [0.5, 0.6) is 17.2 Å². The summed E-state index contributed by atoms with van der Waals surface area (Å²) in [6.45, 7) is 1.41. The van der Waals surface area contributed by atoms with Crippen molar-refractivity contribution in [2.75, 3.05) is 33.6 Å². The smallest absolute Gasteiger partial charge is 0.277 e. The molecule has 0 spiro atoms. The zero-order chi connectivity index (χ0) is 21.1. The summed E-state index contributed by atoms with van der Waals surface area (Å²) in [4.78, 5) is 15.8. The van der Waals surface area contributed by atoms with Crippen molar-refractivity contribution in [2.24, 2.45) is 0 Å². The van der Waals surface area contributed by atoms with Gasteiger partial charge in [0.15, 0.2) is 11.5 Å². The predicted octanol–water partition coefficient (Wildman–Crippen LogP) is 3.50. The number of nitrogens with zero attached hydrogens (tertiary/aromatic N) is 3. The molecule has 1 aromatic carbocycles. The van der Waals surface area contributed by atoms with Crippen LogP contribution in [0.4, 0.5) is 0 Å². The van der Waals surface area contributed by atoms with Gasteiger partial charge in [-0.05, 0) is 35.6 Å². The first kappa shape index (κ1) is 20.5. The topological polar surface area (TPSA) is 86.9 Å². The van der Waals surface area contributed by atoms with Crippen LogP contribution < -0.4 is 14.2 Å². The van der Waals surface area contributed by atoms with E-state index in [1.807, 2.05) is 4.90 Å². The fourth-order valence-corrected chi connectivity index (χ4v) is 4.82. The van der Waals surface area contributed by atoms with Crippen molar-refractivity contribution < 1.29 is 23.4 Å². The monoisotopic (exact) mass is 447 g/mol. The van der Waals surface area contributed by atoms with E-state index in [2.05, 4.69) is 21.6 Å². The molecule has 3 heterocycles. The van der Waals surface area contributed by atoms with Crippen molar-refractivity contribution in [3.8, 4) is 28.7 Å². The SMILES string of the molecule is COc1cc(-c2nnc(SCC(=O)N3CCc4sccc4C3)o2)cc(OC)c1OC. The first-order chi connectivity index (χ1) is 14.6. The molecule has 2 aromatic heterocycles. The average Bonchev–Trinajstić information content (AvgIpc) is 3.45. The first-order valence-electron chi connectivity index (χ1n) is 9.22. The molecule has 0 fully saturated rings. The van der Waals surface area contributed by atoms with E-state index in [-0.39, 0.29) is 11.7 Å². The number of fused-ring (bicyclic) bond motifs is 1. The number of thiophene rings is 1. The molecule has 0 aliphatic carbocycles. The van der Waals surface area contributed by atoms with Crippen LogP contribution in [0.2, 0.25) is 0 Å². The van der Waals surface area contributed by atoms with Crippen LogP contribution in [0.25, 0.3) is 11.5 Å². The first-order valence-corrected chi connectivity index (χ1v) is 11.1. The van der Waals surface area contributed by atoms with E-state index in [1.54, 1.807) is 44.8 Å². The molecule has 0 atom stereocenters. The predicted molar refractivity (Wildman–Crippen MR) is 114 cm³/mol. The molecule has 30 heavy (non-hydrogen) atoms. The molecule has 0 radical (unpaired) electrons. The lowest BCUT2D eigenvalue weighted by molar-refractivity contribution is -0.129. The molecule has 1 aliphatic heterocycles. The average molecular weight is 448 g/mol. The number of ether oxygens (including phenoxy) is 3. The molecular weight excluding hydrogens is 426 g/mol. The second-order valence-electron chi connectivity index (χ2n) is 6.51. The molecule has 0 bridgehead atoms. The van der Waals surface area contributed by atoms with Crippen LogP contribution in [0.3, 0.4) is 0 Å². The zero-order valence-electron chi connectivity index (χ0n) is 16.8. The molecule has 8 nitrogen and oxygen atoms in total. The van der Waals surface area contributed by atoms with Crippen LogP contribution in [0.1, 0.15) is 10.4 Å². The Morgan fingerprint density at radius 3 is 2.67 bits per heavy atom. The van der Waals surface area contributed by atoms with E-state index in [1.165, 1.54) is 22.2 Å². The Morgan fingerprint density at radius 2 is 1.97 bits per heavy atom. The van der Waals surface area contributed by atoms with Crippen molar-refractivity contribution in [1.29, 1.82) is 0 Å². The number of rotatable bonds is 7. The fraction of sp³-hybridized carbons (Fsp3) is 0.350. The van der Waals surface area contributed by atoms with Gasteiger partial charge < -0.3 is 23.5 Å². The van der Waals surface area contributed by atoms with Crippen molar-refractivity contribution in [1.82, 2.24) is 15.1 Å². The molecule has 0 N–H and O–H groups in total. The molecule has 4 rings (SSSR count). The standard InChI is InChI=1S/C20H21N3O5S2/c1-25-14-8-13(9-15(26-2)18(14)27-3)19-21-22-20(28-19)30-11-17(24)23-6-4-16-12(10-23)5-7-29-16/h5,7-9H,4,6,10-11H2,1-3H3. The highest BCUT2D eigenvalue weighted by molar-refractivity contribution is 7.99. The van der Waals surface area contributed by atoms with Crippen LogP contribution in [0, 0.1) is 0 Å². The van der Waals surface area contributed by atoms with E-state index in [0.29, 0.717) is 40.5 Å². The minimum absolute atomic E-state index is 0.0596. The van der Waals surface area contributed by atoms with Crippen molar-refractivity contribution in [3.05, 3.63) is 34.0 Å². The number of carbonyl (C=O) groups is 1. The summed E-state index contributed by atoms with van der Waals surface area (Å²) in [5.41, 5.74) is 1.88. The molecule has 0 unspecified atom stereocenters. The van der Waals surface area contributed by atoms with Gasteiger partial charge in [0.25, 0.3) is 5.22 Å². The number of hydrogen-bond acceptors (Lipinski definition) is 9. The van der Waals surface area contributed by atoms with Gasteiger partial charge in [0.1, 0.15) is 0 Å². The van der Waals surface area contributed by atoms with Gasteiger partial charge in [-0.3, -0.25) is 4.79 Å². The normalized spacial score (nSPS) is 13.1. The molecule has 1 aliphatic rings. The van der Waals surface area contributed by atoms with E-state index in [0.717, 1.165) is 13.0 Å². The Kier molecular flexibility index (Phi) is 6.14. The van der Waals surface area contributed by atoms with Gasteiger partial charge in [0.05, 0.1) is 27.1 Å². The van der Waals surface area contributed by atoms with Crippen molar-refractivity contribution >= 4 is 29.0 Å². The fourth-order valence-electron chi connectivity index (χ4n) is 3.27. The maximum absolute atomic E-state index is 12.6. The highest BCUT2D eigenvalue weighted by atomic mass is 32.2. The third kappa shape index (κ3) is 4.10. The lowest BCUT2D eigenvalue weighted by atomic mass is 10.1. The van der Waals surface area contributed by atoms with E-state index >= 15 is 0 Å². The number of methoxy groups -OCH3 is 3. The Morgan fingerprint density at radius 1 is 1.20 bits per heavy atom. The molecule has 0 saturated heterocycles. The van der Waals surface area contributed by atoms with Crippen LogP contribution in [-0.4, -0.2) is 54.6 Å². The maximum atomic E-state index is 12.6. The Balaban J connectivity index is 1.43. The van der Waals surface area contributed by atoms with Crippen molar-refractivity contribution in [2.45, 2.75) is 18.2 Å². The molecule has 1 amide bonds. The van der Waals surface area contributed by atoms with Gasteiger partial charge in [-0.15, -0.1) is 21.5 Å². The summed E-state index contributed by atoms with van der Waals surface area (Å²) < 4.78 is 21.8. The summed E-state index contributed by atoms with van der Waals surface area (Å²) >= 11 is 2.99. The van der Waals surface area contributed by atoms with Gasteiger partial charge >= 0.3 is 0 Å². The maximum Gasteiger partial charge on any atom is 0.277 e. The number of thioether (sulfide) groups is 1. The van der Waals surface area contributed by atoms with E-state index < -0.39 is 0 Å².